The maximum Gasteiger partial charge on any atom is 0.292 e. The minimum Gasteiger partial charge on any atom is -0.319 e. The van der Waals surface area contributed by atoms with Gasteiger partial charge >= 0.3 is 0 Å². The Hall–Kier alpha value is -1.99. The van der Waals surface area contributed by atoms with Gasteiger partial charge in [0.25, 0.3) is 5.69 Å². The van der Waals surface area contributed by atoms with Crippen molar-refractivity contribution in [3.8, 4) is 0 Å². The predicted molar refractivity (Wildman–Crippen MR) is 75.6 cm³/mol. The van der Waals surface area contributed by atoms with Crippen molar-refractivity contribution in [1.29, 1.82) is 0 Å². The number of anilines is 1. The summed E-state index contributed by atoms with van der Waals surface area (Å²) in [5.41, 5.74) is 0.152. The minimum absolute atomic E-state index is 0.0887. The summed E-state index contributed by atoms with van der Waals surface area (Å²) in [5.74, 6) is -0.229. The maximum atomic E-state index is 12.0. The zero-order valence-corrected chi connectivity index (χ0v) is 11.3. The van der Waals surface area contributed by atoms with Gasteiger partial charge in [-0.1, -0.05) is 12.1 Å². The molecular formula is C13H18N4O3. The van der Waals surface area contributed by atoms with Crippen LogP contribution >= 0.6 is 0 Å². The molecule has 0 aromatic heterocycles. The molecule has 0 radical (unpaired) electrons. The third kappa shape index (κ3) is 3.52. The number of carbonyl (C=O) groups excluding carboxylic acids is 1. The van der Waals surface area contributed by atoms with Crippen LogP contribution in [-0.2, 0) is 4.79 Å². The number of piperazine rings is 1. The molecule has 0 unspecified atom stereocenters. The first-order valence-corrected chi connectivity index (χ1v) is 6.56. The summed E-state index contributed by atoms with van der Waals surface area (Å²) in [6.07, 6.45) is 0. The third-order valence-corrected chi connectivity index (χ3v) is 3.36. The highest BCUT2D eigenvalue weighted by molar-refractivity contribution is 5.94. The van der Waals surface area contributed by atoms with Gasteiger partial charge in [0, 0.05) is 31.7 Å². The van der Waals surface area contributed by atoms with E-state index >= 15 is 0 Å². The summed E-state index contributed by atoms with van der Waals surface area (Å²) >= 11 is 0. The SMILES string of the molecule is C[C@H]1CNCCN1CC(=O)Nc1ccccc1[N+](=O)[O-]. The first kappa shape index (κ1) is 14.4. The van der Waals surface area contributed by atoms with Gasteiger partial charge in [-0.25, -0.2) is 0 Å². The molecular weight excluding hydrogens is 260 g/mol. The zero-order valence-electron chi connectivity index (χ0n) is 11.3. The Morgan fingerprint density at radius 1 is 1.55 bits per heavy atom. The van der Waals surface area contributed by atoms with Crippen molar-refractivity contribution in [2.75, 3.05) is 31.5 Å². The molecule has 1 heterocycles. The molecule has 0 saturated carbocycles. The zero-order chi connectivity index (χ0) is 14.5. The molecule has 7 nitrogen and oxygen atoms in total. The highest BCUT2D eigenvalue weighted by Crippen LogP contribution is 2.23. The lowest BCUT2D eigenvalue weighted by atomic mass is 10.2. The van der Waals surface area contributed by atoms with Crippen molar-refractivity contribution in [3.63, 3.8) is 0 Å². The van der Waals surface area contributed by atoms with Crippen LogP contribution in [0.1, 0.15) is 6.92 Å². The molecule has 0 aliphatic carbocycles. The van der Waals surface area contributed by atoms with Crippen LogP contribution in [0, 0.1) is 10.1 Å². The molecule has 1 fully saturated rings. The fraction of sp³-hybridized carbons (Fsp3) is 0.462. The minimum atomic E-state index is -0.497. The Kier molecular flexibility index (Phi) is 4.65. The number of hydrogen-bond acceptors (Lipinski definition) is 5. The van der Waals surface area contributed by atoms with Gasteiger partial charge in [0.2, 0.25) is 5.91 Å². The van der Waals surface area contributed by atoms with E-state index < -0.39 is 4.92 Å². The van der Waals surface area contributed by atoms with E-state index in [0.717, 1.165) is 19.6 Å². The van der Waals surface area contributed by atoms with Gasteiger partial charge in [-0.2, -0.15) is 0 Å². The molecule has 20 heavy (non-hydrogen) atoms. The molecule has 1 atom stereocenters. The molecule has 1 amide bonds. The molecule has 0 spiro atoms. The summed E-state index contributed by atoms with van der Waals surface area (Å²) in [6, 6.07) is 6.43. The summed E-state index contributed by atoms with van der Waals surface area (Å²) < 4.78 is 0. The average Bonchev–Trinajstić information content (AvgIpc) is 2.41. The van der Waals surface area contributed by atoms with Gasteiger partial charge in [0.15, 0.2) is 0 Å². The summed E-state index contributed by atoms with van der Waals surface area (Å²) in [6.45, 7) is 4.78. The molecule has 1 aliphatic heterocycles. The van der Waals surface area contributed by atoms with Crippen LogP contribution in [0.3, 0.4) is 0 Å². The number of benzene rings is 1. The second-order valence-electron chi connectivity index (χ2n) is 4.85. The number of hydrogen-bond donors (Lipinski definition) is 2. The van der Waals surface area contributed by atoms with Gasteiger partial charge in [0.05, 0.1) is 11.5 Å². The summed E-state index contributed by atoms with van der Waals surface area (Å²) in [7, 11) is 0. The molecule has 1 aromatic rings. The Morgan fingerprint density at radius 3 is 3.00 bits per heavy atom. The van der Waals surface area contributed by atoms with Crippen molar-refractivity contribution < 1.29 is 9.72 Å². The number of rotatable bonds is 4. The Labute approximate surface area is 117 Å². The molecule has 1 aromatic carbocycles. The van der Waals surface area contributed by atoms with Crippen molar-refractivity contribution in [1.82, 2.24) is 10.2 Å². The van der Waals surface area contributed by atoms with Gasteiger partial charge in [-0.05, 0) is 13.0 Å². The second kappa shape index (κ2) is 6.44. The van der Waals surface area contributed by atoms with E-state index in [4.69, 9.17) is 0 Å². The molecule has 1 saturated heterocycles. The fourth-order valence-electron chi connectivity index (χ4n) is 2.23. The van der Waals surface area contributed by atoms with Crippen LogP contribution in [0.2, 0.25) is 0 Å². The number of nitro groups is 1. The normalized spacial score (nSPS) is 19.6. The first-order valence-electron chi connectivity index (χ1n) is 6.56. The van der Waals surface area contributed by atoms with Crippen LogP contribution in [-0.4, -0.2) is 48.0 Å². The number of amides is 1. The molecule has 2 rings (SSSR count). The van der Waals surface area contributed by atoms with Crippen molar-refractivity contribution in [2.24, 2.45) is 0 Å². The van der Waals surface area contributed by atoms with Crippen LogP contribution in [0.5, 0.6) is 0 Å². The van der Waals surface area contributed by atoms with Crippen LogP contribution in [0.15, 0.2) is 24.3 Å². The molecule has 7 heteroatoms. The van der Waals surface area contributed by atoms with E-state index in [2.05, 4.69) is 15.5 Å². The van der Waals surface area contributed by atoms with E-state index in [1.54, 1.807) is 12.1 Å². The van der Waals surface area contributed by atoms with E-state index in [1.165, 1.54) is 12.1 Å². The quantitative estimate of drug-likeness (QED) is 0.629. The van der Waals surface area contributed by atoms with E-state index in [-0.39, 0.29) is 29.9 Å². The largest absolute Gasteiger partial charge is 0.319 e. The van der Waals surface area contributed by atoms with Crippen molar-refractivity contribution >= 4 is 17.3 Å². The van der Waals surface area contributed by atoms with Gasteiger partial charge in [-0.3, -0.25) is 19.8 Å². The molecule has 1 aliphatic rings. The predicted octanol–water partition coefficient (Wildman–Crippen LogP) is 0.827. The van der Waals surface area contributed by atoms with E-state index in [0.29, 0.717) is 0 Å². The summed E-state index contributed by atoms with van der Waals surface area (Å²) in [4.78, 5) is 24.4. The van der Waals surface area contributed by atoms with E-state index in [9.17, 15) is 14.9 Å². The topological polar surface area (TPSA) is 87.5 Å². The monoisotopic (exact) mass is 278 g/mol. The van der Waals surface area contributed by atoms with Crippen molar-refractivity contribution in [2.45, 2.75) is 13.0 Å². The number of nitrogens with one attached hydrogen (secondary N) is 2. The molecule has 108 valence electrons. The van der Waals surface area contributed by atoms with Gasteiger partial charge in [-0.15, -0.1) is 0 Å². The molecule has 2 N–H and O–H groups in total. The standard InChI is InChI=1S/C13H18N4O3/c1-10-8-14-6-7-16(10)9-13(18)15-11-4-2-3-5-12(11)17(19)20/h2-5,10,14H,6-9H2,1H3,(H,15,18)/t10-/m0/s1. The number of nitro benzene ring substituents is 1. The van der Waals surface area contributed by atoms with Gasteiger partial charge in [0.1, 0.15) is 5.69 Å². The number of carbonyl (C=O) groups is 1. The van der Waals surface area contributed by atoms with Crippen LogP contribution < -0.4 is 10.6 Å². The lowest BCUT2D eigenvalue weighted by molar-refractivity contribution is -0.383. The summed E-state index contributed by atoms with van der Waals surface area (Å²) in [5, 5.41) is 16.7. The Balaban J connectivity index is 1.99. The van der Waals surface area contributed by atoms with Crippen molar-refractivity contribution in [3.05, 3.63) is 34.4 Å². The van der Waals surface area contributed by atoms with Crippen LogP contribution in [0.25, 0.3) is 0 Å². The third-order valence-electron chi connectivity index (χ3n) is 3.36. The lowest BCUT2D eigenvalue weighted by Crippen LogP contribution is -2.52. The smallest absolute Gasteiger partial charge is 0.292 e. The second-order valence-corrected chi connectivity index (χ2v) is 4.85. The number of para-hydroxylation sites is 2. The highest BCUT2D eigenvalue weighted by Gasteiger charge is 2.21. The first-order chi connectivity index (χ1) is 9.58. The average molecular weight is 278 g/mol. The number of nitrogens with zero attached hydrogens (tertiary/aromatic N) is 2. The Morgan fingerprint density at radius 2 is 2.30 bits per heavy atom. The van der Waals surface area contributed by atoms with E-state index in [1.807, 2.05) is 6.92 Å². The fourth-order valence-corrected chi connectivity index (χ4v) is 2.23. The molecule has 0 bridgehead atoms. The van der Waals surface area contributed by atoms with Crippen LogP contribution in [0.4, 0.5) is 11.4 Å². The highest BCUT2D eigenvalue weighted by atomic mass is 16.6. The maximum absolute atomic E-state index is 12.0. The lowest BCUT2D eigenvalue weighted by Gasteiger charge is -2.33. The Bertz CT molecular complexity index is 506. The van der Waals surface area contributed by atoms with Gasteiger partial charge < -0.3 is 10.6 Å².